The van der Waals surface area contributed by atoms with Crippen LogP contribution in [0.15, 0.2) is 29.2 Å². The van der Waals surface area contributed by atoms with E-state index in [1.807, 2.05) is 24.0 Å². The molecule has 1 N–H and O–H groups in total. The minimum atomic E-state index is -0.252. The first kappa shape index (κ1) is 13.0. The second-order valence-corrected chi connectivity index (χ2v) is 6.78. The molecule has 1 fully saturated rings. The van der Waals surface area contributed by atoms with Crippen LogP contribution in [0.5, 0.6) is 0 Å². The van der Waals surface area contributed by atoms with Crippen molar-refractivity contribution in [2.45, 2.75) is 36.0 Å². The predicted octanol–water partition coefficient (Wildman–Crippen LogP) is 1.93. The Morgan fingerprint density at radius 3 is 2.95 bits per heavy atom. The smallest absolute Gasteiger partial charge is 0.236 e. The number of piperidine rings is 1. The third-order valence-electron chi connectivity index (χ3n) is 4.09. The lowest BCUT2D eigenvalue weighted by Crippen LogP contribution is -2.47. The van der Waals surface area contributed by atoms with Gasteiger partial charge >= 0.3 is 0 Å². The van der Waals surface area contributed by atoms with Gasteiger partial charge < -0.3 is 10.0 Å². The summed E-state index contributed by atoms with van der Waals surface area (Å²) >= 11 is 1.69. The van der Waals surface area contributed by atoms with Crippen LogP contribution in [0.3, 0.4) is 0 Å². The zero-order chi connectivity index (χ0) is 13.4. The Balaban J connectivity index is 1.67. The van der Waals surface area contributed by atoms with E-state index in [0.717, 1.165) is 6.42 Å². The third kappa shape index (κ3) is 2.51. The predicted molar refractivity (Wildman–Crippen MR) is 76.2 cm³/mol. The van der Waals surface area contributed by atoms with E-state index >= 15 is 0 Å². The molecule has 4 heteroatoms. The molecule has 1 aromatic carbocycles. The minimum Gasteiger partial charge on any atom is -0.393 e. The van der Waals surface area contributed by atoms with Crippen LogP contribution in [-0.4, -0.2) is 40.4 Å². The Labute approximate surface area is 118 Å². The van der Waals surface area contributed by atoms with Crippen molar-refractivity contribution in [1.29, 1.82) is 0 Å². The number of carbonyl (C=O) groups excluding carboxylic acids is 1. The molecule has 3 rings (SSSR count). The van der Waals surface area contributed by atoms with Gasteiger partial charge in [-0.3, -0.25) is 4.79 Å². The van der Waals surface area contributed by atoms with Crippen molar-refractivity contribution in [2.24, 2.45) is 5.92 Å². The zero-order valence-electron chi connectivity index (χ0n) is 11.1. The van der Waals surface area contributed by atoms with Crippen LogP contribution in [0.4, 0.5) is 0 Å². The number of hydrogen-bond acceptors (Lipinski definition) is 3. The summed E-state index contributed by atoms with van der Waals surface area (Å²) < 4.78 is 0. The SMILES string of the molecule is CC1CN(C(=O)C2Cc3ccccc3S2)CCC1O. The summed E-state index contributed by atoms with van der Waals surface area (Å²) in [4.78, 5) is 15.7. The number of benzene rings is 1. The molecule has 0 radical (unpaired) electrons. The standard InChI is InChI=1S/C15H19NO2S/c1-10-9-16(7-6-12(10)17)15(18)14-8-11-4-2-3-5-13(11)19-14/h2-5,10,12,14,17H,6-9H2,1H3. The first-order chi connectivity index (χ1) is 9.15. The van der Waals surface area contributed by atoms with Crippen LogP contribution >= 0.6 is 11.8 Å². The molecule has 0 bridgehead atoms. The summed E-state index contributed by atoms with van der Waals surface area (Å²) in [5.74, 6) is 0.423. The van der Waals surface area contributed by atoms with E-state index in [-0.39, 0.29) is 23.2 Å². The summed E-state index contributed by atoms with van der Waals surface area (Å²) in [7, 11) is 0. The van der Waals surface area contributed by atoms with Gasteiger partial charge in [0.2, 0.25) is 5.91 Å². The van der Waals surface area contributed by atoms with E-state index in [2.05, 4.69) is 12.1 Å². The molecule has 2 aliphatic heterocycles. The number of nitrogens with zero attached hydrogens (tertiary/aromatic N) is 1. The Bertz CT molecular complexity index is 466. The molecule has 2 heterocycles. The Morgan fingerprint density at radius 2 is 2.21 bits per heavy atom. The van der Waals surface area contributed by atoms with Crippen LogP contribution in [-0.2, 0) is 11.2 Å². The van der Waals surface area contributed by atoms with Gasteiger partial charge in [0.25, 0.3) is 0 Å². The maximum Gasteiger partial charge on any atom is 0.236 e. The third-order valence-corrected chi connectivity index (χ3v) is 5.40. The number of likely N-dealkylation sites (tertiary alicyclic amines) is 1. The van der Waals surface area contributed by atoms with Crippen molar-refractivity contribution in [3.8, 4) is 0 Å². The van der Waals surface area contributed by atoms with Gasteiger partial charge in [-0.15, -0.1) is 11.8 Å². The van der Waals surface area contributed by atoms with Crippen molar-refractivity contribution in [2.75, 3.05) is 13.1 Å². The van der Waals surface area contributed by atoms with Crippen LogP contribution < -0.4 is 0 Å². The van der Waals surface area contributed by atoms with Crippen LogP contribution in [0.1, 0.15) is 18.9 Å². The van der Waals surface area contributed by atoms with Crippen molar-refractivity contribution < 1.29 is 9.90 Å². The number of rotatable bonds is 1. The highest BCUT2D eigenvalue weighted by atomic mass is 32.2. The summed E-state index contributed by atoms with van der Waals surface area (Å²) in [6.45, 7) is 3.39. The highest BCUT2D eigenvalue weighted by Crippen LogP contribution is 2.38. The van der Waals surface area contributed by atoms with Crippen LogP contribution in [0.25, 0.3) is 0 Å². The average molecular weight is 277 g/mol. The molecule has 0 spiro atoms. The molecule has 3 unspecified atom stereocenters. The highest BCUT2D eigenvalue weighted by molar-refractivity contribution is 8.01. The number of thioether (sulfide) groups is 1. The van der Waals surface area contributed by atoms with Gasteiger partial charge in [0.15, 0.2) is 0 Å². The first-order valence-corrected chi connectivity index (χ1v) is 7.74. The van der Waals surface area contributed by atoms with Gasteiger partial charge in [0.05, 0.1) is 11.4 Å². The minimum absolute atomic E-state index is 0.0276. The zero-order valence-corrected chi connectivity index (χ0v) is 11.9. The van der Waals surface area contributed by atoms with E-state index in [0.29, 0.717) is 19.5 Å². The highest BCUT2D eigenvalue weighted by Gasteiger charge is 2.34. The molecule has 1 saturated heterocycles. The van der Waals surface area contributed by atoms with Crippen molar-refractivity contribution in [3.63, 3.8) is 0 Å². The van der Waals surface area contributed by atoms with Gasteiger partial charge in [-0.2, -0.15) is 0 Å². The molecule has 1 amide bonds. The lowest BCUT2D eigenvalue weighted by molar-refractivity contribution is -0.134. The van der Waals surface area contributed by atoms with Crippen molar-refractivity contribution >= 4 is 17.7 Å². The number of carbonyl (C=O) groups is 1. The Hall–Kier alpha value is -1.00. The van der Waals surface area contributed by atoms with Crippen LogP contribution in [0, 0.1) is 5.92 Å². The maximum atomic E-state index is 12.5. The fourth-order valence-electron chi connectivity index (χ4n) is 2.86. The Morgan fingerprint density at radius 1 is 1.42 bits per heavy atom. The molecule has 19 heavy (non-hydrogen) atoms. The van der Waals surface area contributed by atoms with E-state index in [4.69, 9.17) is 0 Å². The molecule has 0 aromatic heterocycles. The summed E-state index contributed by atoms with van der Waals surface area (Å²) in [5, 5.41) is 9.77. The summed E-state index contributed by atoms with van der Waals surface area (Å²) in [6.07, 6.45) is 1.29. The molecule has 2 aliphatic rings. The number of fused-ring (bicyclic) bond motifs is 1. The lowest BCUT2D eigenvalue weighted by Gasteiger charge is -2.35. The van der Waals surface area contributed by atoms with Crippen LogP contribution in [0.2, 0.25) is 0 Å². The van der Waals surface area contributed by atoms with Gasteiger partial charge in [-0.05, 0) is 30.4 Å². The molecule has 3 nitrogen and oxygen atoms in total. The fourth-order valence-corrected chi connectivity index (χ4v) is 4.14. The molecule has 0 saturated carbocycles. The molecular formula is C15H19NO2S. The van der Waals surface area contributed by atoms with E-state index in [1.54, 1.807) is 11.8 Å². The largest absolute Gasteiger partial charge is 0.393 e. The van der Waals surface area contributed by atoms with Crippen molar-refractivity contribution in [1.82, 2.24) is 4.90 Å². The molecule has 102 valence electrons. The monoisotopic (exact) mass is 277 g/mol. The normalized spacial score (nSPS) is 30.2. The fraction of sp³-hybridized carbons (Fsp3) is 0.533. The second-order valence-electron chi connectivity index (χ2n) is 5.54. The van der Waals surface area contributed by atoms with Gasteiger partial charge in [0.1, 0.15) is 0 Å². The van der Waals surface area contributed by atoms with E-state index in [9.17, 15) is 9.90 Å². The molecular weight excluding hydrogens is 258 g/mol. The van der Waals surface area contributed by atoms with Gasteiger partial charge in [-0.1, -0.05) is 25.1 Å². The topological polar surface area (TPSA) is 40.5 Å². The van der Waals surface area contributed by atoms with E-state index in [1.165, 1.54) is 10.5 Å². The first-order valence-electron chi connectivity index (χ1n) is 6.86. The van der Waals surface area contributed by atoms with Gasteiger partial charge in [-0.25, -0.2) is 0 Å². The quantitative estimate of drug-likeness (QED) is 0.853. The second kappa shape index (κ2) is 5.17. The maximum absolute atomic E-state index is 12.5. The molecule has 3 atom stereocenters. The molecule has 1 aromatic rings. The number of aliphatic hydroxyl groups excluding tert-OH is 1. The summed E-state index contributed by atoms with van der Waals surface area (Å²) in [5.41, 5.74) is 1.29. The molecule has 0 aliphatic carbocycles. The average Bonchev–Trinajstić information content (AvgIpc) is 2.85. The number of aliphatic hydroxyl groups is 1. The van der Waals surface area contributed by atoms with Crippen molar-refractivity contribution in [3.05, 3.63) is 29.8 Å². The number of hydrogen-bond donors (Lipinski definition) is 1. The number of amides is 1. The van der Waals surface area contributed by atoms with E-state index < -0.39 is 0 Å². The summed E-state index contributed by atoms with van der Waals surface area (Å²) in [6, 6.07) is 8.26. The lowest BCUT2D eigenvalue weighted by atomic mass is 9.96. The van der Waals surface area contributed by atoms with Gasteiger partial charge in [0, 0.05) is 18.0 Å². The Kier molecular flexibility index (Phi) is 3.54.